The van der Waals surface area contributed by atoms with Crippen molar-refractivity contribution in [2.45, 2.75) is 13.0 Å². The Morgan fingerprint density at radius 2 is 1.93 bits per heavy atom. The average Bonchev–Trinajstić information content (AvgIpc) is 3.22. The van der Waals surface area contributed by atoms with Crippen LogP contribution in [0.1, 0.15) is 18.5 Å². The molecule has 5 rings (SSSR count). The minimum Gasteiger partial charge on any atom is -0.362 e. The highest BCUT2D eigenvalue weighted by atomic mass is 35.5. The third kappa shape index (κ3) is 3.36. The summed E-state index contributed by atoms with van der Waals surface area (Å²) >= 11 is 6.09. The fourth-order valence-corrected chi connectivity index (χ4v) is 3.50. The van der Waals surface area contributed by atoms with Crippen molar-refractivity contribution in [2.24, 2.45) is 0 Å². The second-order valence-corrected chi connectivity index (χ2v) is 7.17. The Bertz CT molecular complexity index is 1330. The van der Waals surface area contributed by atoms with Gasteiger partial charge in [0.15, 0.2) is 5.65 Å². The molecule has 3 heterocycles. The van der Waals surface area contributed by atoms with E-state index in [9.17, 15) is 0 Å². The van der Waals surface area contributed by atoms with Gasteiger partial charge in [0.05, 0.1) is 40.5 Å². The van der Waals surface area contributed by atoms with E-state index in [1.54, 1.807) is 12.4 Å². The van der Waals surface area contributed by atoms with Crippen molar-refractivity contribution >= 4 is 39.5 Å². The van der Waals surface area contributed by atoms with Crippen LogP contribution in [0.2, 0.25) is 5.02 Å². The van der Waals surface area contributed by atoms with Crippen LogP contribution in [0.15, 0.2) is 61.2 Å². The minimum absolute atomic E-state index is 0.0510. The molecule has 0 spiro atoms. The summed E-state index contributed by atoms with van der Waals surface area (Å²) in [7, 11) is 0. The molecule has 0 aliphatic rings. The van der Waals surface area contributed by atoms with Crippen LogP contribution in [0.3, 0.4) is 0 Å². The molecule has 0 saturated heterocycles. The van der Waals surface area contributed by atoms with Crippen molar-refractivity contribution in [2.75, 3.05) is 5.32 Å². The topological polar surface area (TPSA) is 92.3 Å². The molecular weight excluding hydrogens is 386 g/mol. The molecule has 0 aliphatic heterocycles. The van der Waals surface area contributed by atoms with Crippen molar-refractivity contribution in [1.29, 1.82) is 0 Å². The number of benzene rings is 2. The van der Waals surface area contributed by atoms with E-state index < -0.39 is 0 Å². The van der Waals surface area contributed by atoms with Crippen molar-refractivity contribution < 1.29 is 0 Å². The van der Waals surface area contributed by atoms with Crippen molar-refractivity contribution in [3.8, 4) is 11.3 Å². The first-order chi connectivity index (χ1) is 14.2. The van der Waals surface area contributed by atoms with Gasteiger partial charge in [0.1, 0.15) is 12.1 Å². The quantitative estimate of drug-likeness (QED) is 0.449. The maximum atomic E-state index is 6.09. The standard InChI is InChI=1S/C21H16ClN7/c1-12(13-3-2-4-15(22)7-13)27-19-10-23-18-8-14(5-6-17(18)28-19)20-16-9-26-29-21(16)25-11-24-20/h2-12H,1H3,(H,27,28)(H,24,25,26,29)/t12-/m1/s1. The molecular formula is C21H16ClN7. The van der Waals surface area contributed by atoms with E-state index in [-0.39, 0.29) is 6.04 Å². The number of hydrogen-bond donors (Lipinski definition) is 2. The molecule has 7 nitrogen and oxygen atoms in total. The van der Waals surface area contributed by atoms with Gasteiger partial charge in [0, 0.05) is 10.6 Å². The van der Waals surface area contributed by atoms with Crippen LogP contribution in [0, 0.1) is 0 Å². The Labute approximate surface area is 171 Å². The molecule has 3 aromatic heterocycles. The lowest BCUT2D eigenvalue weighted by Crippen LogP contribution is -2.08. The number of rotatable bonds is 4. The maximum absolute atomic E-state index is 6.09. The number of aromatic amines is 1. The highest BCUT2D eigenvalue weighted by Gasteiger charge is 2.11. The van der Waals surface area contributed by atoms with E-state index >= 15 is 0 Å². The van der Waals surface area contributed by atoms with Gasteiger partial charge in [-0.15, -0.1) is 0 Å². The lowest BCUT2D eigenvalue weighted by molar-refractivity contribution is 0.874. The average molecular weight is 402 g/mol. The van der Waals surface area contributed by atoms with Gasteiger partial charge in [-0.25, -0.2) is 15.0 Å². The van der Waals surface area contributed by atoms with Gasteiger partial charge in [-0.3, -0.25) is 10.1 Å². The van der Waals surface area contributed by atoms with Gasteiger partial charge in [0.2, 0.25) is 0 Å². The van der Waals surface area contributed by atoms with Gasteiger partial charge in [-0.2, -0.15) is 5.10 Å². The molecule has 0 radical (unpaired) electrons. The number of nitrogens with one attached hydrogen (secondary N) is 2. The van der Waals surface area contributed by atoms with Crippen molar-refractivity contribution in [3.63, 3.8) is 0 Å². The summed E-state index contributed by atoms with van der Waals surface area (Å²) in [6.07, 6.45) is 4.99. The van der Waals surface area contributed by atoms with E-state index in [1.807, 2.05) is 42.5 Å². The predicted molar refractivity (Wildman–Crippen MR) is 114 cm³/mol. The van der Waals surface area contributed by atoms with Gasteiger partial charge in [0.25, 0.3) is 0 Å². The lowest BCUT2D eigenvalue weighted by atomic mass is 10.1. The van der Waals surface area contributed by atoms with Crippen LogP contribution >= 0.6 is 11.6 Å². The molecule has 0 saturated carbocycles. The number of aromatic nitrogens is 6. The van der Waals surface area contributed by atoms with E-state index in [0.717, 1.165) is 33.2 Å². The van der Waals surface area contributed by atoms with Gasteiger partial charge < -0.3 is 5.32 Å². The second kappa shape index (κ2) is 7.10. The molecule has 1 atom stereocenters. The largest absolute Gasteiger partial charge is 0.362 e. The van der Waals surface area contributed by atoms with Crippen LogP contribution in [0.5, 0.6) is 0 Å². The zero-order chi connectivity index (χ0) is 19.8. The number of anilines is 1. The summed E-state index contributed by atoms with van der Waals surface area (Å²) in [5.74, 6) is 0.706. The Morgan fingerprint density at radius 3 is 2.83 bits per heavy atom. The minimum atomic E-state index is 0.0510. The monoisotopic (exact) mass is 401 g/mol. The van der Waals surface area contributed by atoms with Gasteiger partial charge in [-0.05, 0) is 36.8 Å². The molecule has 0 fully saturated rings. The fraction of sp³-hybridized carbons (Fsp3) is 0.0952. The summed E-state index contributed by atoms with van der Waals surface area (Å²) in [4.78, 5) is 17.9. The zero-order valence-corrected chi connectivity index (χ0v) is 16.2. The van der Waals surface area contributed by atoms with Crippen LogP contribution in [-0.4, -0.2) is 30.1 Å². The number of fused-ring (bicyclic) bond motifs is 2. The normalized spacial score (nSPS) is 12.3. The Hall–Kier alpha value is -3.58. The Kier molecular flexibility index (Phi) is 4.29. The van der Waals surface area contributed by atoms with Crippen molar-refractivity contribution in [3.05, 3.63) is 71.8 Å². The van der Waals surface area contributed by atoms with Gasteiger partial charge in [-0.1, -0.05) is 29.8 Å². The smallest absolute Gasteiger partial charge is 0.159 e. The third-order valence-corrected chi connectivity index (χ3v) is 5.01. The fourth-order valence-electron chi connectivity index (χ4n) is 3.30. The highest BCUT2D eigenvalue weighted by molar-refractivity contribution is 6.30. The molecule has 5 aromatic rings. The summed E-state index contributed by atoms with van der Waals surface area (Å²) in [5.41, 5.74) is 5.13. The number of H-pyrrole nitrogens is 1. The predicted octanol–water partition coefficient (Wildman–Crippen LogP) is 4.79. The first-order valence-corrected chi connectivity index (χ1v) is 9.48. The highest BCUT2D eigenvalue weighted by Crippen LogP contribution is 2.27. The van der Waals surface area contributed by atoms with Crippen LogP contribution in [-0.2, 0) is 0 Å². The van der Waals surface area contributed by atoms with Crippen LogP contribution in [0.25, 0.3) is 33.3 Å². The van der Waals surface area contributed by atoms with Crippen LogP contribution in [0.4, 0.5) is 5.82 Å². The van der Waals surface area contributed by atoms with E-state index in [1.165, 1.54) is 6.33 Å². The Morgan fingerprint density at radius 1 is 1.00 bits per heavy atom. The third-order valence-electron chi connectivity index (χ3n) is 4.78. The molecule has 2 N–H and O–H groups in total. The van der Waals surface area contributed by atoms with Crippen LogP contribution < -0.4 is 5.32 Å². The molecule has 0 amide bonds. The number of nitrogens with zero attached hydrogens (tertiary/aromatic N) is 5. The second-order valence-electron chi connectivity index (χ2n) is 6.73. The molecule has 0 unspecified atom stereocenters. The SMILES string of the molecule is C[C@@H](Nc1cnc2cc(-c3ncnc4[nH]ncc34)ccc2n1)c1cccc(Cl)c1. The van der Waals surface area contributed by atoms with Gasteiger partial charge >= 0.3 is 0 Å². The molecule has 8 heteroatoms. The summed E-state index contributed by atoms with van der Waals surface area (Å²) in [6, 6.07) is 13.7. The summed E-state index contributed by atoms with van der Waals surface area (Å²) in [5, 5.41) is 11.9. The van der Waals surface area contributed by atoms with E-state index in [4.69, 9.17) is 16.6 Å². The maximum Gasteiger partial charge on any atom is 0.159 e. The number of halogens is 1. The zero-order valence-electron chi connectivity index (χ0n) is 15.5. The first-order valence-electron chi connectivity index (χ1n) is 9.10. The lowest BCUT2D eigenvalue weighted by Gasteiger charge is -2.15. The summed E-state index contributed by atoms with van der Waals surface area (Å²) in [6.45, 7) is 2.06. The summed E-state index contributed by atoms with van der Waals surface area (Å²) < 4.78 is 0. The molecule has 0 bridgehead atoms. The Balaban J connectivity index is 1.46. The van der Waals surface area contributed by atoms with E-state index in [0.29, 0.717) is 16.5 Å². The molecule has 0 aliphatic carbocycles. The molecule has 142 valence electrons. The first kappa shape index (κ1) is 17.5. The molecule has 29 heavy (non-hydrogen) atoms. The van der Waals surface area contributed by atoms with Crippen molar-refractivity contribution in [1.82, 2.24) is 30.1 Å². The van der Waals surface area contributed by atoms with E-state index in [2.05, 4.69) is 37.4 Å². The molecule has 2 aromatic carbocycles. The number of hydrogen-bond acceptors (Lipinski definition) is 6.